The number of nitrogens with zero attached hydrogens (tertiary/aromatic N) is 2. The van der Waals surface area contributed by atoms with E-state index in [0.29, 0.717) is 29.9 Å². The number of aliphatic imine (C=N–C) groups is 1. The van der Waals surface area contributed by atoms with Crippen LogP contribution in [-0.2, 0) is 13.0 Å². The maximum absolute atomic E-state index is 6.25. The van der Waals surface area contributed by atoms with Crippen LogP contribution < -0.4 is 11.1 Å². The Bertz CT molecular complexity index is 823. The van der Waals surface area contributed by atoms with Crippen molar-refractivity contribution >= 4 is 5.96 Å². The third-order valence-electron chi connectivity index (χ3n) is 6.47. The summed E-state index contributed by atoms with van der Waals surface area (Å²) < 4.78 is 0. The van der Waals surface area contributed by atoms with E-state index in [4.69, 9.17) is 10.7 Å². The van der Waals surface area contributed by atoms with Crippen LogP contribution in [0.1, 0.15) is 35.4 Å². The van der Waals surface area contributed by atoms with Crippen molar-refractivity contribution in [3.05, 3.63) is 71.3 Å². The second-order valence-corrected chi connectivity index (χ2v) is 8.28. The molecule has 0 aromatic heterocycles. The molecule has 2 aromatic rings. The molecule has 27 heavy (non-hydrogen) atoms. The summed E-state index contributed by atoms with van der Waals surface area (Å²) in [5.74, 6) is 1.93. The number of guanidine groups is 1. The molecule has 3 unspecified atom stereocenters. The largest absolute Gasteiger partial charge is 0.370 e. The van der Waals surface area contributed by atoms with E-state index in [2.05, 4.69) is 64.8 Å². The van der Waals surface area contributed by atoms with Gasteiger partial charge >= 0.3 is 0 Å². The molecule has 1 heterocycles. The second kappa shape index (κ2) is 7.01. The number of rotatable bonds is 4. The fraction of sp³-hybridized carbons (Fsp3) is 0.435. The molecular weight excluding hydrogens is 332 g/mol. The molecule has 0 amide bonds. The Hall–Kier alpha value is -2.33. The minimum Gasteiger partial charge on any atom is -0.370 e. The zero-order chi connectivity index (χ0) is 18.2. The number of hydrogen-bond acceptors (Lipinski definition) is 2. The fourth-order valence-corrected chi connectivity index (χ4v) is 4.98. The molecule has 3 N–H and O–H groups in total. The van der Waals surface area contributed by atoms with E-state index in [9.17, 15) is 0 Å². The summed E-state index contributed by atoms with van der Waals surface area (Å²) in [4.78, 5) is 7.35. The van der Waals surface area contributed by atoms with Gasteiger partial charge in [0.05, 0.1) is 6.04 Å². The molecule has 3 atom stereocenters. The molecule has 1 saturated heterocycles. The summed E-state index contributed by atoms with van der Waals surface area (Å²) in [7, 11) is 0. The third kappa shape index (κ3) is 3.46. The highest BCUT2D eigenvalue weighted by Gasteiger charge is 2.55. The maximum atomic E-state index is 6.25. The highest BCUT2D eigenvalue weighted by atomic mass is 15.2. The van der Waals surface area contributed by atoms with Crippen molar-refractivity contribution in [2.24, 2.45) is 16.6 Å². The molecule has 4 nitrogen and oxygen atoms in total. The summed E-state index contributed by atoms with van der Waals surface area (Å²) in [6.45, 7) is 3.27. The highest BCUT2D eigenvalue weighted by Crippen LogP contribution is 2.58. The van der Waals surface area contributed by atoms with Gasteiger partial charge in [0.2, 0.25) is 0 Å². The summed E-state index contributed by atoms with van der Waals surface area (Å²) in [5.41, 5.74) is 10.7. The Labute approximate surface area is 161 Å². The van der Waals surface area contributed by atoms with E-state index < -0.39 is 0 Å². The fourth-order valence-electron chi connectivity index (χ4n) is 4.98. The zero-order valence-electron chi connectivity index (χ0n) is 15.7. The smallest absolute Gasteiger partial charge is 0.189 e. The number of likely N-dealkylation sites (tertiary alicyclic amines) is 1. The Balaban J connectivity index is 1.11. The van der Waals surface area contributed by atoms with Gasteiger partial charge in [0, 0.05) is 31.6 Å². The molecular formula is C23H28N4. The molecule has 0 radical (unpaired) electrons. The highest BCUT2D eigenvalue weighted by molar-refractivity contribution is 5.79. The number of benzene rings is 2. The van der Waals surface area contributed by atoms with Gasteiger partial charge in [-0.25, -0.2) is 4.99 Å². The summed E-state index contributed by atoms with van der Waals surface area (Å²) in [6.07, 6.45) is 3.42. The maximum Gasteiger partial charge on any atom is 0.189 e. The first-order valence-corrected chi connectivity index (χ1v) is 10.2. The van der Waals surface area contributed by atoms with Crippen LogP contribution >= 0.6 is 0 Å². The minimum absolute atomic E-state index is 0.394. The lowest BCUT2D eigenvalue weighted by Crippen LogP contribution is -2.47. The predicted octanol–water partition coefficient (Wildman–Crippen LogP) is 2.89. The quantitative estimate of drug-likeness (QED) is 0.651. The molecule has 2 aliphatic carbocycles. The predicted molar refractivity (Wildman–Crippen MR) is 110 cm³/mol. The lowest BCUT2D eigenvalue weighted by atomic mass is 10.0. The van der Waals surface area contributed by atoms with Gasteiger partial charge in [-0.05, 0) is 41.9 Å². The summed E-state index contributed by atoms with van der Waals surface area (Å²) in [6, 6.07) is 20.4. The normalized spacial score (nSPS) is 27.9. The molecule has 1 aliphatic heterocycles. The van der Waals surface area contributed by atoms with Crippen molar-refractivity contribution in [2.45, 2.75) is 43.8 Å². The van der Waals surface area contributed by atoms with Crippen LogP contribution in [0.2, 0.25) is 0 Å². The van der Waals surface area contributed by atoms with Gasteiger partial charge in [0.25, 0.3) is 0 Å². The number of piperidine rings is 1. The second-order valence-electron chi connectivity index (χ2n) is 8.28. The van der Waals surface area contributed by atoms with Gasteiger partial charge in [0.15, 0.2) is 5.96 Å². The van der Waals surface area contributed by atoms with Crippen LogP contribution in [0.25, 0.3) is 0 Å². The molecule has 2 aromatic carbocycles. The van der Waals surface area contributed by atoms with Crippen molar-refractivity contribution in [3.63, 3.8) is 0 Å². The van der Waals surface area contributed by atoms with E-state index >= 15 is 0 Å². The lowest BCUT2D eigenvalue weighted by molar-refractivity contribution is 0.199. The topological polar surface area (TPSA) is 53.6 Å². The van der Waals surface area contributed by atoms with E-state index in [-0.39, 0.29) is 0 Å². The Morgan fingerprint density at radius 2 is 1.78 bits per heavy atom. The van der Waals surface area contributed by atoms with E-state index in [0.717, 1.165) is 32.5 Å². The van der Waals surface area contributed by atoms with Crippen LogP contribution in [0.15, 0.2) is 59.6 Å². The molecule has 5 rings (SSSR count). The van der Waals surface area contributed by atoms with E-state index in [1.807, 2.05) is 0 Å². The Morgan fingerprint density at radius 1 is 1.04 bits per heavy atom. The molecule has 1 saturated carbocycles. The van der Waals surface area contributed by atoms with Crippen molar-refractivity contribution < 1.29 is 0 Å². The van der Waals surface area contributed by atoms with Crippen molar-refractivity contribution in [3.8, 4) is 0 Å². The van der Waals surface area contributed by atoms with Crippen LogP contribution in [0.5, 0.6) is 0 Å². The summed E-state index contributed by atoms with van der Waals surface area (Å²) >= 11 is 0. The molecule has 140 valence electrons. The van der Waals surface area contributed by atoms with E-state index in [1.165, 1.54) is 23.1 Å². The monoisotopic (exact) mass is 360 g/mol. The number of nitrogens with one attached hydrogen (secondary N) is 1. The average Bonchev–Trinajstić information content (AvgIpc) is 3.20. The van der Waals surface area contributed by atoms with E-state index in [1.54, 1.807) is 0 Å². The van der Waals surface area contributed by atoms with Crippen LogP contribution in [0.3, 0.4) is 0 Å². The standard InChI is InChI=1S/C23H28N4/c24-23(26-22-20-14-17-8-4-5-9-19(17)21(20)22)25-18-10-12-27(13-11-18)15-16-6-2-1-3-7-16/h1-9,18,20-22H,10-15H2,(H3,24,25,26). The summed E-state index contributed by atoms with van der Waals surface area (Å²) in [5, 5.41) is 3.49. The van der Waals surface area contributed by atoms with Crippen LogP contribution in [0.4, 0.5) is 0 Å². The molecule has 4 heteroatoms. The van der Waals surface area contributed by atoms with Crippen molar-refractivity contribution in [1.29, 1.82) is 0 Å². The average molecular weight is 361 g/mol. The minimum atomic E-state index is 0.394. The number of nitrogens with two attached hydrogens (primary N) is 1. The van der Waals surface area contributed by atoms with Crippen LogP contribution in [-0.4, -0.2) is 36.0 Å². The van der Waals surface area contributed by atoms with Gasteiger partial charge in [0.1, 0.15) is 0 Å². The van der Waals surface area contributed by atoms with Crippen molar-refractivity contribution in [1.82, 2.24) is 10.2 Å². The lowest BCUT2D eigenvalue weighted by Gasteiger charge is -2.32. The SMILES string of the molecule is NC(=NC1C2Cc3ccccc3C21)NC1CCN(Cc2ccccc2)CC1. The Morgan fingerprint density at radius 3 is 2.59 bits per heavy atom. The first-order valence-electron chi connectivity index (χ1n) is 10.2. The van der Waals surface area contributed by atoms with Gasteiger partial charge < -0.3 is 11.1 Å². The first-order chi connectivity index (χ1) is 13.3. The third-order valence-corrected chi connectivity index (χ3v) is 6.47. The molecule has 2 fully saturated rings. The molecule has 0 bridgehead atoms. The van der Waals surface area contributed by atoms with Crippen molar-refractivity contribution in [2.75, 3.05) is 13.1 Å². The number of fused-ring (bicyclic) bond motifs is 3. The molecule has 0 spiro atoms. The molecule has 3 aliphatic rings. The van der Waals surface area contributed by atoms with Gasteiger partial charge in [-0.2, -0.15) is 0 Å². The van der Waals surface area contributed by atoms with Gasteiger partial charge in [-0.15, -0.1) is 0 Å². The van der Waals surface area contributed by atoms with Gasteiger partial charge in [-0.1, -0.05) is 54.6 Å². The zero-order valence-corrected chi connectivity index (χ0v) is 15.7. The Kier molecular flexibility index (Phi) is 4.36. The first kappa shape index (κ1) is 16.8. The van der Waals surface area contributed by atoms with Gasteiger partial charge in [-0.3, -0.25) is 4.90 Å². The number of hydrogen-bond donors (Lipinski definition) is 2. The van der Waals surface area contributed by atoms with Crippen LogP contribution in [0, 0.1) is 5.92 Å².